The maximum absolute atomic E-state index is 13.3. The van der Waals surface area contributed by atoms with Crippen molar-refractivity contribution in [2.24, 2.45) is 0 Å². The average Bonchev–Trinajstić information content (AvgIpc) is 3.17. The summed E-state index contributed by atoms with van der Waals surface area (Å²) in [4.78, 5) is 44.6. The van der Waals surface area contributed by atoms with E-state index in [4.69, 9.17) is 18.9 Å². The van der Waals surface area contributed by atoms with E-state index in [-0.39, 0.29) is 22.5 Å². The van der Waals surface area contributed by atoms with Crippen molar-refractivity contribution in [2.45, 2.75) is 12.2 Å². The van der Waals surface area contributed by atoms with Crippen LogP contribution >= 0.6 is 0 Å². The predicted molar refractivity (Wildman–Crippen MR) is 89.2 cm³/mol. The van der Waals surface area contributed by atoms with Gasteiger partial charge in [0.25, 0.3) is 5.79 Å². The standard InChI is InChI=1S/C18H16N2O7/c1-24-16(22)9-4-5-19-14-12(9)13-10(8-11(20-13)17(23)25-2)18(15(14)21)26-6-3-7-27-18/h4-5,8,20H,3,6-7H2,1-2H3. The highest BCUT2D eigenvalue weighted by Gasteiger charge is 2.53. The number of ketones is 1. The van der Waals surface area contributed by atoms with Crippen molar-refractivity contribution in [3.8, 4) is 11.3 Å². The van der Waals surface area contributed by atoms with Gasteiger partial charge in [0, 0.05) is 17.3 Å². The third kappa shape index (κ3) is 2.39. The topological polar surface area (TPSA) is 117 Å². The molecule has 1 aliphatic carbocycles. The van der Waals surface area contributed by atoms with Crippen molar-refractivity contribution in [3.05, 3.63) is 40.8 Å². The van der Waals surface area contributed by atoms with Gasteiger partial charge in [-0.1, -0.05) is 0 Å². The lowest BCUT2D eigenvalue weighted by molar-refractivity contribution is -0.240. The second-order valence-electron chi connectivity index (χ2n) is 6.03. The number of fused-ring (bicyclic) bond motifs is 4. The summed E-state index contributed by atoms with van der Waals surface area (Å²) in [6.45, 7) is 0.603. The molecular formula is C18H16N2O7. The number of methoxy groups -OCH3 is 2. The monoisotopic (exact) mass is 372 g/mol. The first-order valence-corrected chi connectivity index (χ1v) is 8.25. The van der Waals surface area contributed by atoms with E-state index in [2.05, 4.69) is 9.97 Å². The van der Waals surface area contributed by atoms with Gasteiger partial charge in [-0.05, 0) is 18.6 Å². The predicted octanol–water partition coefficient (Wildman–Crippen LogP) is 1.44. The van der Waals surface area contributed by atoms with Gasteiger partial charge >= 0.3 is 11.9 Å². The number of aromatic nitrogens is 2. The van der Waals surface area contributed by atoms with Crippen LogP contribution in [0.5, 0.6) is 0 Å². The third-order valence-electron chi connectivity index (χ3n) is 4.60. The number of nitrogens with zero attached hydrogens (tertiary/aromatic N) is 1. The molecule has 2 aromatic rings. The molecule has 4 rings (SSSR count). The molecule has 3 heterocycles. The zero-order chi connectivity index (χ0) is 19.2. The molecule has 9 heteroatoms. The molecule has 0 aromatic carbocycles. The number of aromatic amines is 1. The maximum Gasteiger partial charge on any atom is 0.354 e. The number of carbonyl (C=O) groups is 3. The molecule has 9 nitrogen and oxygen atoms in total. The number of ether oxygens (including phenoxy) is 4. The van der Waals surface area contributed by atoms with Gasteiger partial charge in [-0.25, -0.2) is 9.59 Å². The van der Waals surface area contributed by atoms with E-state index in [1.54, 1.807) is 0 Å². The van der Waals surface area contributed by atoms with Gasteiger partial charge in [0.05, 0.1) is 38.7 Å². The Bertz CT molecular complexity index is 957. The molecule has 140 valence electrons. The largest absolute Gasteiger partial charge is 0.465 e. The molecule has 1 N–H and O–H groups in total. The number of pyridine rings is 1. The van der Waals surface area contributed by atoms with E-state index < -0.39 is 23.5 Å². The van der Waals surface area contributed by atoms with Crippen LogP contribution in [0.25, 0.3) is 11.3 Å². The zero-order valence-corrected chi connectivity index (χ0v) is 14.7. The molecule has 2 aliphatic rings. The van der Waals surface area contributed by atoms with Gasteiger partial charge < -0.3 is 23.9 Å². The lowest BCUT2D eigenvalue weighted by Gasteiger charge is -2.38. The zero-order valence-electron chi connectivity index (χ0n) is 14.7. The lowest BCUT2D eigenvalue weighted by Crippen LogP contribution is -2.47. The molecule has 1 aliphatic heterocycles. The van der Waals surface area contributed by atoms with E-state index in [0.29, 0.717) is 30.9 Å². The number of H-pyrrole nitrogens is 1. The number of Topliss-reactive ketones (excluding diaryl/α,β-unsaturated/α-hetero) is 1. The van der Waals surface area contributed by atoms with Crippen LogP contribution in [0.3, 0.4) is 0 Å². The van der Waals surface area contributed by atoms with E-state index in [0.717, 1.165) is 0 Å². The summed E-state index contributed by atoms with van der Waals surface area (Å²) in [5.74, 6) is -3.52. The normalized spacial score (nSPS) is 17.2. The fourth-order valence-corrected chi connectivity index (χ4v) is 3.40. The fraction of sp³-hybridized carbons (Fsp3) is 0.333. The van der Waals surface area contributed by atoms with E-state index in [1.165, 1.54) is 32.5 Å². The van der Waals surface area contributed by atoms with Gasteiger partial charge in [-0.2, -0.15) is 0 Å². The summed E-state index contributed by atoms with van der Waals surface area (Å²) in [7, 11) is 2.48. The summed E-state index contributed by atoms with van der Waals surface area (Å²) >= 11 is 0. The van der Waals surface area contributed by atoms with Crippen molar-refractivity contribution in [1.82, 2.24) is 9.97 Å². The molecule has 1 saturated heterocycles. The smallest absolute Gasteiger partial charge is 0.354 e. The van der Waals surface area contributed by atoms with E-state index >= 15 is 0 Å². The summed E-state index contributed by atoms with van der Waals surface area (Å²) in [6, 6.07) is 2.89. The average molecular weight is 372 g/mol. The molecule has 0 bridgehead atoms. The van der Waals surface area contributed by atoms with Crippen molar-refractivity contribution in [2.75, 3.05) is 27.4 Å². The molecule has 0 saturated carbocycles. The summed E-state index contributed by atoms with van der Waals surface area (Å²) in [6.07, 6.45) is 1.97. The molecule has 27 heavy (non-hydrogen) atoms. The summed E-state index contributed by atoms with van der Waals surface area (Å²) < 4.78 is 21.1. The van der Waals surface area contributed by atoms with Crippen LogP contribution in [-0.2, 0) is 24.7 Å². The molecule has 0 amide bonds. The van der Waals surface area contributed by atoms with E-state index in [9.17, 15) is 14.4 Å². The first-order chi connectivity index (χ1) is 13.0. The number of esters is 2. The summed E-state index contributed by atoms with van der Waals surface area (Å²) in [5.41, 5.74) is 1.12. The minimum atomic E-state index is -1.72. The number of nitrogens with one attached hydrogen (secondary N) is 1. The van der Waals surface area contributed by atoms with Gasteiger partial charge in [-0.3, -0.25) is 9.78 Å². The van der Waals surface area contributed by atoms with Crippen molar-refractivity contribution < 1.29 is 33.3 Å². The maximum atomic E-state index is 13.3. The Hall–Kier alpha value is -3.04. The summed E-state index contributed by atoms with van der Waals surface area (Å²) in [5, 5.41) is 0. The Morgan fingerprint density at radius 1 is 1.19 bits per heavy atom. The number of carbonyl (C=O) groups excluding carboxylic acids is 3. The Balaban J connectivity index is 2.02. The Morgan fingerprint density at radius 2 is 1.89 bits per heavy atom. The molecule has 0 unspecified atom stereocenters. The second kappa shape index (κ2) is 6.29. The van der Waals surface area contributed by atoms with Crippen molar-refractivity contribution in [1.29, 1.82) is 0 Å². The highest BCUT2D eigenvalue weighted by Crippen LogP contribution is 2.46. The molecule has 0 atom stereocenters. The van der Waals surface area contributed by atoms with Crippen LogP contribution in [-0.4, -0.2) is 55.1 Å². The number of hydrogen-bond acceptors (Lipinski definition) is 8. The number of rotatable bonds is 2. The van der Waals surface area contributed by atoms with Gasteiger partial charge in [-0.15, -0.1) is 0 Å². The first kappa shape index (κ1) is 17.4. The lowest BCUT2D eigenvalue weighted by atomic mass is 9.85. The van der Waals surface area contributed by atoms with E-state index in [1.807, 2.05) is 0 Å². The minimum Gasteiger partial charge on any atom is -0.465 e. The van der Waals surface area contributed by atoms with Crippen LogP contribution in [0.1, 0.15) is 43.3 Å². The van der Waals surface area contributed by atoms with Crippen LogP contribution in [0.15, 0.2) is 18.3 Å². The SMILES string of the molecule is COC(=O)c1cc2c([nH]1)-c1c(C(=O)OC)ccnc1C(=O)C21OCCCO1. The minimum absolute atomic E-state index is 0.00515. The van der Waals surface area contributed by atoms with Crippen LogP contribution in [0.2, 0.25) is 0 Å². The van der Waals surface area contributed by atoms with Gasteiger partial charge in [0.1, 0.15) is 11.4 Å². The van der Waals surface area contributed by atoms with Crippen LogP contribution in [0.4, 0.5) is 0 Å². The molecular weight excluding hydrogens is 356 g/mol. The molecule has 1 fully saturated rings. The van der Waals surface area contributed by atoms with Crippen molar-refractivity contribution >= 4 is 17.7 Å². The van der Waals surface area contributed by atoms with Gasteiger partial charge in [0.2, 0.25) is 5.78 Å². The molecule has 1 spiro atoms. The number of hydrogen-bond donors (Lipinski definition) is 1. The fourth-order valence-electron chi connectivity index (χ4n) is 3.40. The van der Waals surface area contributed by atoms with Gasteiger partial charge in [0.15, 0.2) is 0 Å². The highest BCUT2D eigenvalue weighted by molar-refractivity contribution is 6.14. The first-order valence-electron chi connectivity index (χ1n) is 8.25. The Kier molecular flexibility index (Phi) is 4.05. The third-order valence-corrected chi connectivity index (χ3v) is 4.60. The quantitative estimate of drug-likeness (QED) is 0.787. The highest BCUT2D eigenvalue weighted by atomic mass is 16.7. The van der Waals surface area contributed by atoms with Crippen LogP contribution < -0.4 is 0 Å². The second-order valence-corrected chi connectivity index (χ2v) is 6.03. The Labute approximate surface area is 153 Å². The van der Waals surface area contributed by atoms with Crippen LogP contribution in [0, 0.1) is 0 Å². The van der Waals surface area contributed by atoms with Crippen molar-refractivity contribution in [3.63, 3.8) is 0 Å². The molecule has 0 radical (unpaired) electrons. The Morgan fingerprint density at radius 3 is 2.56 bits per heavy atom. The molecule has 2 aromatic heterocycles.